The van der Waals surface area contributed by atoms with Crippen LogP contribution in [0.5, 0.6) is 0 Å². The molecule has 19 heavy (non-hydrogen) atoms. The summed E-state index contributed by atoms with van der Waals surface area (Å²) >= 11 is 0. The number of hydrogen-bond acceptors (Lipinski definition) is 2. The summed E-state index contributed by atoms with van der Waals surface area (Å²) in [6.07, 6.45) is 5.39. The van der Waals surface area contributed by atoms with Gasteiger partial charge in [0.2, 0.25) is 0 Å². The molecule has 0 aromatic rings. The molecule has 0 spiro atoms. The second-order valence-corrected chi connectivity index (χ2v) is 6.18. The maximum Gasteiger partial charge on any atom is 0.261 e. The van der Waals surface area contributed by atoms with Gasteiger partial charge in [0.1, 0.15) is 6.61 Å². The van der Waals surface area contributed by atoms with Crippen LogP contribution < -0.4 is 5.32 Å². The van der Waals surface area contributed by atoms with E-state index in [0.29, 0.717) is 12.6 Å². The fourth-order valence-electron chi connectivity index (χ4n) is 4.02. The van der Waals surface area contributed by atoms with Crippen LogP contribution in [0.1, 0.15) is 45.4 Å². The van der Waals surface area contributed by atoms with Crippen LogP contribution >= 0.6 is 0 Å². The maximum absolute atomic E-state index is 12.0. The molecule has 2 bridgehead atoms. The number of fused-ring (bicyclic) bond motifs is 2. The summed E-state index contributed by atoms with van der Waals surface area (Å²) in [4.78, 5) is 0. The Kier molecular flexibility index (Phi) is 6.02. The molecule has 4 heteroatoms. The van der Waals surface area contributed by atoms with Gasteiger partial charge < -0.3 is 10.1 Å². The normalized spacial score (nSPS) is 31.3. The van der Waals surface area contributed by atoms with Gasteiger partial charge in [0.15, 0.2) is 0 Å². The Bertz CT molecular complexity index is 263. The number of hydrogen-bond donors (Lipinski definition) is 1. The topological polar surface area (TPSA) is 21.3 Å². The number of alkyl halides is 2. The molecule has 1 N–H and O–H groups in total. The van der Waals surface area contributed by atoms with Crippen molar-refractivity contribution in [1.82, 2.24) is 5.32 Å². The number of ether oxygens (including phenoxy) is 1. The van der Waals surface area contributed by atoms with E-state index in [-0.39, 0.29) is 0 Å². The molecule has 0 aliphatic heterocycles. The van der Waals surface area contributed by atoms with Gasteiger partial charge in [0.25, 0.3) is 6.43 Å². The van der Waals surface area contributed by atoms with Gasteiger partial charge in [0.05, 0.1) is 0 Å². The van der Waals surface area contributed by atoms with Crippen molar-refractivity contribution in [1.29, 1.82) is 0 Å². The van der Waals surface area contributed by atoms with E-state index in [1.807, 2.05) is 0 Å². The molecule has 2 aliphatic rings. The molecular formula is C15H27F2NO. The van der Waals surface area contributed by atoms with Crippen molar-refractivity contribution in [2.75, 3.05) is 19.8 Å². The molecule has 2 nitrogen and oxygen atoms in total. The van der Waals surface area contributed by atoms with E-state index in [1.54, 1.807) is 0 Å². The van der Waals surface area contributed by atoms with Gasteiger partial charge in [-0.3, -0.25) is 0 Å². The second-order valence-electron chi connectivity index (χ2n) is 6.18. The third-order valence-electron chi connectivity index (χ3n) is 4.82. The predicted molar refractivity (Wildman–Crippen MR) is 72.5 cm³/mol. The van der Waals surface area contributed by atoms with Crippen LogP contribution in [0.3, 0.4) is 0 Å². The lowest BCUT2D eigenvalue weighted by Gasteiger charge is -2.27. The molecule has 0 radical (unpaired) electrons. The summed E-state index contributed by atoms with van der Waals surface area (Å²) in [6.45, 7) is 3.07. The van der Waals surface area contributed by atoms with Crippen molar-refractivity contribution >= 4 is 0 Å². The molecule has 0 amide bonds. The molecule has 2 fully saturated rings. The first-order valence-electron chi connectivity index (χ1n) is 7.78. The Morgan fingerprint density at radius 3 is 2.68 bits per heavy atom. The van der Waals surface area contributed by atoms with Crippen LogP contribution in [0.4, 0.5) is 8.78 Å². The van der Waals surface area contributed by atoms with Crippen LogP contribution in [0.2, 0.25) is 0 Å². The summed E-state index contributed by atoms with van der Waals surface area (Å²) in [5.41, 5.74) is 0. The van der Waals surface area contributed by atoms with Gasteiger partial charge in [-0.2, -0.15) is 0 Å². The van der Waals surface area contributed by atoms with Gasteiger partial charge in [-0.05, 0) is 56.4 Å². The quantitative estimate of drug-likeness (QED) is 0.651. The minimum Gasteiger partial charge on any atom is -0.375 e. The van der Waals surface area contributed by atoms with Crippen LogP contribution in [0.15, 0.2) is 0 Å². The first kappa shape index (κ1) is 15.2. The van der Waals surface area contributed by atoms with E-state index < -0.39 is 13.0 Å². The van der Waals surface area contributed by atoms with Gasteiger partial charge in [0, 0.05) is 12.6 Å². The van der Waals surface area contributed by atoms with Crippen LogP contribution in [-0.4, -0.2) is 32.2 Å². The molecule has 0 saturated heterocycles. The van der Waals surface area contributed by atoms with Crippen LogP contribution in [0, 0.1) is 17.8 Å². The van der Waals surface area contributed by atoms with Crippen molar-refractivity contribution < 1.29 is 13.5 Å². The molecule has 2 saturated carbocycles. The zero-order valence-corrected chi connectivity index (χ0v) is 11.9. The number of nitrogens with one attached hydrogen (secondary N) is 1. The number of halogens is 2. The molecule has 112 valence electrons. The summed E-state index contributed by atoms with van der Waals surface area (Å²) in [5, 5.41) is 3.49. The van der Waals surface area contributed by atoms with E-state index in [1.165, 1.54) is 32.1 Å². The lowest BCUT2D eigenvalue weighted by molar-refractivity contribution is 0.0136. The molecule has 0 heterocycles. The van der Waals surface area contributed by atoms with Crippen molar-refractivity contribution in [2.45, 2.75) is 57.9 Å². The first-order chi connectivity index (χ1) is 9.19. The molecule has 0 aromatic heterocycles. The Morgan fingerprint density at radius 2 is 2.11 bits per heavy atom. The second kappa shape index (κ2) is 7.53. The van der Waals surface area contributed by atoms with E-state index >= 15 is 0 Å². The van der Waals surface area contributed by atoms with E-state index in [9.17, 15) is 8.78 Å². The van der Waals surface area contributed by atoms with Crippen molar-refractivity contribution in [3.8, 4) is 0 Å². The maximum atomic E-state index is 12.0. The third-order valence-corrected chi connectivity index (χ3v) is 4.82. The van der Waals surface area contributed by atoms with Crippen LogP contribution in [-0.2, 0) is 4.74 Å². The lowest BCUT2D eigenvalue weighted by atomic mass is 9.83. The van der Waals surface area contributed by atoms with Gasteiger partial charge in [-0.1, -0.05) is 13.3 Å². The molecule has 4 unspecified atom stereocenters. The van der Waals surface area contributed by atoms with Crippen molar-refractivity contribution in [3.05, 3.63) is 0 Å². The van der Waals surface area contributed by atoms with Gasteiger partial charge >= 0.3 is 0 Å². The SMILES string of the molecule is CCNC(CCOCC(F)F)CC1CC2CCC1C2. The summed E-state index contributed by atoms with van der Waals surface area (Å²) in [6, 6.07) is 0.437. The van der Waals surface area contributed by atoms with Crippen LogP contribution in [0.25, 0.3) is 0 Å². The fraction of sp³-hybridized carbons (Fsp3) is 1.00. The highest BCUT2D eigenvalue weighted by atomic mass is 19.3. The highest BCUT2D eigenvalue weighted by Crippen LogP contribution is 2.49. The smallest absolute Gasteiger partial charge is 0.261 e. The van der Waals surface area contributed by atoms with E-state index in [0.717, 1.165) is 30.7 Å². The molecule has 2 rings (SSSR count). The average molecular weight is 275 g/mol. The lowest BCUT2D eigenvalue weighted by Crippen LogP contribution is -2.33. The first-order valence-corrected chi connectivity index (χ1v) is 7.78. The highest BCUT2D eigenvalue weighted by Gasteiger charge is 2.39. The van der Waals surface area contributed by atoms with Crippen molar-refractivity contribution in [3.63, 3.8) is 0 Å². The number of rotatable bonds is 9. The van der Waals surface area contributed by atoms with Gasteiger partial charge in [-0.25, -0.2) is 8.78 Å². The van der Waals surface area contributed by atoms with E-state index in [2.05, 4.69) is 12.2 Å². The standard InChI is InChI=1S/C15H27F2NO/c1-2-18-14(5-6-19-10-15(16)17)9-13-8-11-3-4-12(13)7-11/h11-15,18H,2-10H2,1H3. The molecule has 4 atom stereocenters. The molecule has 0 aromatic carbocycles. The summed E-state index contributed by atoms with van der Waals surface area (Å²) in [5.74, 6) is 2.78. The zero-order valence-electron chi connectivity index (χ0n) is 11.9. The average Bonchev–Trinajstić information content (AvgIpc) is 2.96. The molecular weight excluding hydrogens is 248 g/mol. The van der Waals surface area contributed by atoms with E-state index in [4.69, 9.17) is 4.74 Å². The monoisotopic (exact) mass is 275 g/mol. The fourth-order valence-corrected chi connectivity index (χ4v) is 4.02. The highest BCUT2D eigenvalue weighted by molar-refractivity contribution is 4.91. The predicted octanol–water partition coefficient (Wildman–Crippen LogP) is 3.46. The minimum absolute atomic E-state index is 0.424. The summed E-state index contributed by atoms with van der Waals surface area (Å²) in [7, 11) is 0. The Morgan fingerprint density at radius 1 is 1.26 bits per heavy atom. The molecule has 2 aliphatic carbocycles. The zero-order chi connectivity index (χ0) is 13.7. The third kappa shape index (κ3) is 4.67. The minimum atomic E-state index is -2.34. The van der Waals surface area contributed by atoms with Crippen molar-refractivity contribution in [2.24, 2.45) is 17.8 Å². The Balaban J connectivity index is 1.67. The Labute approximate surface area is 115 Å². The summed E-state index contributed by atoms with van der Waals surface area (Å²) < 4.78 is 29.0. The Hall–Kier alpha value is -0.220. The van der Waals surface area contributed by atoms with Gasteiger partial charge in [-0.15, -0.1) is 0 Å². The largest absolute Gasteiger partial charge is 0.375 e.